The number of nitrogens with two attached hydrogens (primary N) is 1. The predicted octanol–water partition coefficient (Wildman–Crippen LogP) is 2.74. The van der Waals surface area contributed by atoms with Crippen molar-refractivity contribution in [3.63, 3.8) is 0 Å². The highest BCUT2D eigenvalue weighted by Crippen LogP contribution is 2.27. The molecule has 96 valence electrons. The van der Waals surface area contributed by atoms with Gasteiger partial charge in [-0.05, 0) is 48.0 Å². The van der Waals surface area contributed by atoms with Crippen LogP contribution in [0.15, 0.2) is 22.7 Å². The summed E-state index contributed by atoms with van der Waals surface area (Å²) < 4.78 is 2.92. The lowest BCUT2D eigenvalue weighted by atomic mass is 10.2. The maximum atomic E-state index is 5.90. The first-order chi connectivity index (χ1) is 8.67. The Balaban J connectivity index is 2.46. The van der Waals surface area contributed by atoms with Gasteiger partial charge in [0.2, 0.25) is 5.95 Å². The standard InChI is InChI=1S/C12H16BrN5/c1-3-15-12-17-16-11(18(12)4-2)8-5-6-9(13)10(14)7-8/h5-7H,3-4,14H2,1-2H3,(H,15,17). The monoisotopic (exact) mass is 309 g/mol. The molecule has 0 aliphatic carbocycles. The highest BCUT2D eigenvalue weighted by atomic mass is 79.9. The average Bonchev–Trinajstić information content (AvgIpc) is 2.76. The van der Waals surface area contributed by atoms with E-state index in [9.17, 15) is 0 Å². The van der Waals surface area contributed by atoms with Gasteiger partial charge in [0, 0.05) is 28.8 Å². The summed E-state index contributed by atoms with van der Waals surface area (Å²) in [4.78, 5) is 0. The van der Waals surface area contributed by atoms with Crippen molar-refractivity contribution >= 4 is 27.6 Å². The molecular weight excluding hydrogens is 294 g/mol. The summed E-state index contributed by atoms with van der Waals surface area (Å²) in [6.07, 6.45) is 0. The summed E-state index contributed by atoms with van der Waals surface area (Å²) in [6.45, 7) is 5.73. The fraction of sp³-hybridized carbons (Fsp3) is 0.333. The van der Waals surface area contributed by atoms with E-state index in [0.29, 0.717) is 5.69 Å². The van der Waals surface area contributed by atoms with Crippen molar-refractivity contribution in [3.8, 4) is 11.4 Å². The van der Waals surface area contributed by atoms with E-state index < -0.39 is 0 Å². The van der Waals surface area contributed by atoms with E-state index in [1.54, 1.807) is 0 Å². The van der Waals surface area contributed by atoms with Crippen LogP contribution in [0.2, 0.25) is 0 Å². The summed E-state index contributed by atoms with van der Waals surface area (Å²) in [5, 5.41) is 11.6. The van der Waals surface area contributed by atoms with Crippen molar-refractivity contribution < 1.29 is 0 Å². The van der Waals surface area contributed by atoms with Gasteiger partial charge >= 0.3 is 0 Å². The second-order valence-corrected chi connectivity index (χ2v) is 4.71. The summed E-state index contributed by atoms with van der Waals surface area (Å²) in [7, 11) is 0. The quantitative estimate of drug-likeness (QED) is 0.852. The fourth-order valence-corrected chi connectivity index (χ4v) is 2.03. The number of hydrogen-bond donors (Lipinski definition) is 2. The molecule has 0 saturated carbocycles. The number of nitrogen functional groups attached to an aromatic ring is 1. The number of halogens is 1. The van der Waals surface area contributed by atoms with Gasteiger partial charge in [-0.1, -0.05) is 0 Å². The molecule has 0 atom stereocenters. The smallest absolute Gasteiger partial charge is 0.224 e. The number of rotatable bonds is 4. The third-order valence-corrected chi connectivity index (χ3v) is 3.38. The van der Waals surface area contributed by atoms with Gasteiger partial charge in [-0.25, -0.2) is 0 Å². The SMILES string of the molecule is CCNc1nnc(-c2ccc(Br)c(N)c2)n1CC. The molecule has 1 heterocycles. The fourth-order valence-electron chi connectivity index (χ4n) is 1.79. The van der Waals surface area contributed by atoms with Crippen LogP contribution in [0.4, 0.5) is 11.6 Å². The Labute approximate surface area is 115 Å². The first-order valence-electron chi connectivity index (χ1n) is 5.89. The Bertz CT molecular complexity index is 549. The molecule has 0 radical (unpaired) electrons. The molecule has 0 bridgehead atoms. The van der Waals surface area contributed by atoms with Gasteiger partial charge in [0.25, 0.3) is 0 Å². The lowest BCUT2D eigenvalue weighted by Crippen LogP contribution is -2.07. The molecule has 1 aromatic carbocycles. The zero-order valence-corrected chi connectivity index (χ0v) is 12.0. The number of aromatic nitrogens is 3. The van der Waals surface area contributed by atoms with Gasteiger partial charge in [0.15, 0.2) is 5.82 Å². The van der Waals surface area contributed by atoms with E-state index in [4.69, 9.17) is 5.73 Å². The van der Waals surface area contributed by atoms with Gasteiger partial charge in [0.1, 0.15) is 0 Å². The van der Waals surface area contributed by atoms with Crippen molar-refractivity contribution in [1.29, 1.82) is 0 Å². The van der Waals surface area contributed by atoms with Crippen LogP contribution in [0.1, 0.15) is 13.8 Å². The van der Waals surface area contributed by atoms with Crippen molar-refractivity contribution in [2.45, 2.75) is 20.4 Å². The highest BCUT2D eigenvalue weighted by molar-refractivity contribution is 9.10. The maximum absolute atomic E-state index is 5.90. The molecule has 18 heavy (non-hydrogen) atoms. The molecule has 2 rings (SSSR count). The van der Waals surface area contributed by atoms with Crippen LogP contribution in [0.3, 0.4) is 0 Å². The molecule has 0 spiro atoms. The lowest BCUT2D eigenvalue weighted by molar-refractivity contribution is 0.770. The van der Waals surface area contributed by atoms with E-state index in [1.165, 1.54) is 0 Å². The number of nitrogens with one attached hydrogen (secondary N) is 1. The number of anilines is 2. The van der Waals surface area contributed by atoms with Gasteiger partial charge < -0.3 is 11.1 Å². The molecule has 1 aromatic heterocycles. The van der Waals surface area contributed by atoms with Crippen LogP contribution in [0.5, 0.6) is 0 Å². The molecule has 6 heteroatoms. The Morgan fingerprint density at radius 3 is 2.72 bits per heavy atom. The Kier molecular flexibility index (Phi) is 3.86. The topological polar surface area (TPSA) is 68.8 Å². The molecule has 0 fully saturated rings. The van der Waals surface area contributed by atoms with Gasteiger partial charge in [-0.3, -0.25) is 4.57 Å². The largest absolute Gasteiger partial charge is 0.398 e. The van der Waals surface area contributed by atoms with Crippen LogP contribution < -0.4 is 11.1 Å². The minimum absolute atomic E-state index is 0.697. The maximum Gasteiger partial charge on any atom is 0.224 e. The van der Waals surface area contributed by atoms with E-state index >= 15 is 0 Å². The van der Waals surface area contributed by atoms with Gasteiger partial charge in [0.05, 0.1) is 0 Å². The number of nitrogens with zero attached hydrogens (tertiary/aromatic N) is 3. The highest BCUT2D eigenvalue weighted by Gasteiger charge is 2.12. The van der Waals surface area contributed by atoms with E-state index in [-0.39, 0.29) is 0 Å². The minimum Gasteiger partial charge on any atom is -0.398 e. The van der Waals surface area contributed by atoms with Crippen molar-refractivity contribution in [1.82, 2.24) is 14.8 Å². The zero-order valence-electron chi connectivity index (χ0n) is 10.4. The summed E-state index contributed by atoms with van der Waals surface area (Å²) in [5.74, 6) is 1.61. The third kappa shape index (κ3) is 2.33. The third-order valence-electron chi connectivity index (χ3n) is 2.66. The lowest BCUT2D eigenvalue weighted by Gasteiger charge is -2.08. The summed E-state index contributed by atoms with van der Waals surface area (Å²) in [6, 6.07) is 5.80. The molecule has 0 unspecified atom stereocenters. The zero-order chi connectivity index (χ0) is 13.1. The van der Waals surface area contributed by atoms with Gasteiger partial charge in [-0.2, -0.15) is 0 Å². The molecule has 0 aliphatic rings. The predicted molar refractivity (Wildman–Crippen MR) is 77.4 cm³/mol. The second-order valence-electron chi connectivity index (χ2n) is 3.86. The minimum atomic E-state index is 0.697. The molecule has 0 saturated heterocycles. The first kappa shape index (κ1) is 12.9. The number of benzene rings is 1. The normalized spacial score (nSPS) is 10.6. The molecule has 5 nitrogen and oxygen atoms in total. The van der Waals surface area contributed by atoms with Crippen LogP contribution in [-0.4, -0.2) is 21.3 Å². The first-order valence-corrected chi connectivity index (χ1v) is 6.69. The van der Waals surface area contributed by atoms with Crippen molar-refractivity contribution in [2.24, 2.45) is 0 Å². The van der Waals surface area contributed by atoms with E-state index in [0.717, 1.165) is 34.9 Å². The van der Waals surface area contributed by atoms with Crippen molar-refractivity contribution in [2.75, 3.05) is 17.6 Å². The summed E-state index contributed by atoms with van der Waals surface area (Å²) >= 11 is 3.39. The van der Waals surface area contributed by atoms with Crippen LogP contribution in [-0.2, 0) is 6.54 Å². The van der Waals surface area contributed by atoms with Crippen LogP contribution in [0.25, 0.3) is 11.4 Å². The number of hydrogen-bond acceptors (Lipinski definition) is 4. The Morgan fingerprint density at radius 2 is 2.11 bits per heavy atom. The molecule has 0 aliphatic heterocycles. The van der Waals surface area contributed by atoms with E-state index in [2.05, 4.69) is 38.4 Å². The van der Waals surface area contributed by atoms with Crippen molar-refractivity contribution in [3.05, 3.63) is 22.7 Å². The van der Waals surface area contributed by atoms with Gasteiger partial charge in [-0.15, -0.1) is 10.2 Å². The Morgan fingerprint density at radius 1 is 1.33 bits per heavy atom. The molecule has 3 N–H and O–H groups in total. The molecular formula is C12H16BrN5. The Hall–Kier alpha value is -1.56. The molecule has 0 amide bonds. The summed E-state index contributed by atoms with van der Waals surface area (Å²) in [5.41, 5.74) is 7.56. The molecule has 2 aromatic rings. The van der Waals surface area contributed by atoms with Crippen LogP contribution in [0, 0.1) is 0 Å². The average molecular weight is 310 g/mol. The van der Waals surface area contributed by atoms with E-state index in [1.807, 2.05) is 29.7 Å². The van der Waals surface area contributed by atoms with Crippen LogP contribution >= 0.6 is 15.9 Å². The second kappa shape index (κ2) is 5.39.